The van der Waals surface area contributed by atoms with Crippen molar-refractivity contribution in [3.63, 3.8) is 0 Å². The summed E-state index contributed by atoms with van der Waals surface area (Å²) in [5.41, 5.74) is 5.17. The molecule has 0 aliphatic carbocycles. The van der Waals surface area contributed by atoms with E-state index in [2.05, 4.69) is 16.6 Å². The number of carbonyl (C=O) groups excluding carboxylic acids is 2. The number of fused-ring (bicyclic) bond motifs is 2. The number of nitrogens with zero attached hydrogens (tertiary/aromatic N) is 3. The molecule has 0 spiro atoms. The van der Waals surface area contributed by atoms with E-state index in [1.165, 1.54) is 31.0 Å². The first-order valence-corrected chi connectivity index (χ1v) is 16.9. The van der Waals surface area contributed by atoms with Crippen molar-refractivity contribution >= 4 is 44.0 Å². The Morgan fingerprint density at radius 3 is 2.40 bits per heavy atom. The molecule has 6 rings (SSSR count). The molecule has 3 heterocycles. The number of pyridine rings is 1. The van der Waals surface area contributed by atoms with Crippen molar-refractivity contribution in [2.75, 3.05) is 7.11 Å². The van der Waals surface area contributed by atoms with Crippen LogP contribution in [0, 0.1) is 6.92 Å². The first kappa shape index (κ1) is 30.7. The molecule has 1 atom stereocenters. The van der Waals surface area contributed by atoms with Gasteiger partial charge in [-0.1, -0.05) is 91.5 Å². The third kappa shape index (κ3) is 5.90. The third-order valence-corrected chi connectivity index (χ3v) is 10.8. The molecule has 0 fully saturated rings. The second-order valence-electron chi connectivity index (χ2n) is 11.0. The largest absolute Gasteiger partial charge is 0.464 e. The van der Waals surface area contributed by atoms with Crippen molar-refractivity contribution in [3.05, 3.63) is 124 Å². The van der Waals surface area contributed by atoms with Crippen molar-refractivity contribution in [1.29, 1.82) is 0 Å². The van der Waals surface area contributed by atoms with Gasteiger partial charge in [0, 0.05) is 23.3 Å². The first-order valence-electron chi connectivity index (χ1n) is 14.6. The summed E-state index contributed by atoms with van der Waals surface area (Å²) < 4.78 is 36.8. The van der Waals surface area contributed by atoms with Gasteiger partial charge in [-0.25, -0.2) is 23.2 Å². The molecule has 1 aliphatic heterocycles. The van der Waals surface area contributed by atoms with Crippen LogP contribution in [-0.4, -0.2) is 41.1 Å². The number of esters is 1. The number of hydrogen-bond donors (Lipinski definition) is 1. The number of imidazole rings is 1. The van der Waals surface area contributed by atoms with Crippen molar-refractivity contribution in [2.24, 2.45) is 0 Å². The van der Waals surface area contributed by atoms with E-state index >= 15 is 0 Å². The van der Waals surface area contributed by atoms with Crippen LogP contribution in [0.5, 0.6) is 0 Å². The minimum Gasteiger partial charge on any atom is -0.464 e. The number of benzene rings is 3. The molecule has 45 heavy (non-hydrogen) atoms. The monoisotopic (exact) mass is 640 g/mol. The molecule has 1 unspecified atom stereocenters. The second kappa shape index (κ2) is 12.2. The van der Waals surface area contributed by atoms with Crippen molar-refractivity contribution < 1.29 is 22.7 Å². The number of aromatic nitrogens is 3. The minimum atomic E-state index is -4.39. The summed E-state index contributed by atoms with van der Waals surface area (Å²) in [5.74, 6) is 0.349. The Hall–Kier alpha value is -4.32. The highest BCUT2D eigenvalue weighted by atomic mass is 32.2. The van der Waals surface area contributed by atoms with Crippen LogP contribution in [0.2, 0.25) is 0 Å². The predicted octanol–water partition coefficient (Wildman–Crippen LogP) is 5.79. The molecule has 1 N–H and O–H groups in total. The molecule has 0 amide bonds. The Balaban J connectivity index is 1.36. The highest BCUT2D eigenvalue weighted by molar-refractivity contribution is 8.06. The highest BCUT2D eigenvalue weighted by Crippen LogP contribution is 2.50. The van der Waals surface area contributed by atoms with Crippen LogP contribution in [0.3, 0.4) is 0 Å². The van der Waals surface area contributed by atoms with Gasteiger partial charge in [0.15, 0.2) is 11.3 Å². The number of hydrogen-bond acceptors (Lipinski definition) is 8. The topological polar surface area (TPSA) is 120 Å². The Morgan fingerprint density at radius 2 is 1.71 bits per heavy atom. The van der Waals surface area contributed by atoms with Gasteiger partial charge in [0.25, 0.3) is 15.1 Å². The Labute approximate surface area is 266 Å². The molecule has 5 aromatic rings. The predicted molar refractivity (Wildman–Crippen MR) is 174 cm³/mol. The maximum Gasteiger partial charge on any atom is 0.356 e. The molecule has 0 radical (unpaired) electrons. The van der Waals surface area contributed by atoms with Crippen LogP contribution < -0.4 is 4.72 Å². The van der Waals surface area contributed by atoms with Crippen LogP contribution in [0.15, 0.2) is 89.8 Å². The van der Waals surface area contributed by atoms with E-state index in [1.807, 2.05) is 60.0 Å². The van der Waals surface area contributed by atoms with Gasteiger partial charge in [-0.15, -0.1) is 0 Å². The maximum absolute atomic E-state index is 13.5. The quantitative estimate of drug-likeness (QED) is 0.201. The average molecular weight is 641 g/mol. The van der Waals surface area contributed by atoms with Crippen LogP contribution in [0.25, 0.3) is 11.2 Å². The zero-order valence-electron chi connectivity index (χ0n) is 25.1. The molecule has 0 saturated carbocycles. The summed E-state index contributed by atoms with van der Waals surface area (Å²) >= 11 is 1.39. The molecular weight excluding hydrogens is 609 g/mol. The summed E-state index contributed by atoms with van der Waals surface area (Å²) in [6.45, 7) is 4.43. The van der Waals surface area contributed by atoms with Gasteiger partial charge in [-0.2, -0.15) is 4.72 Å². The summed E-state index contributed by atoms with van der Waals surface area (Å²) in [6, 6.07) is 25.2. The first-order chi connectivity index (χ1) is 21.6. The summed E-state index contributed by atoms with van der Waals surface area (Å²) in [7, 11) is -3.06. The molecule has 230 valence electrons. The third-order valence-electron chi connectivity index (χ3n) is 7.85. The van der Waals surface area contributed by atoms with Crippen molar-refractivity contribution in [2.45, 2.75) is 49.4 Å². The number of aryl methyl sites for hydroxylation is 2. The molecule has 2 aromatic heterocycles. The van der Waals surface area contributed by atoms with Crippen LogP contribution >= 0.6 is 11.8 Å². The van der Waals surface area contributed by atoms with E-state index < -0.39 is 26.0 Å². The van der Waals surface area contributed by atoms with Gasteiger partial charge in [0.1, 0.15) is 16.2 Å². The molecule has 3 aromatic carbocycles. The number of sulfonamides is 1. The lowest BCUT2D eigenvalue weighted by Crippen LogP contribution is -2.45. The molecule has 9 nitrogen and oxygen atoms in total. The highest BCUT2D eigenvalue weighted by Gasteiger charge is 2.44. The Kier molecular flexibility index (Phi) is 8.34. The number of ether oxygens (including phenoxy) is 1. The standard InChI is InChI=1S/C34H32N4O5S2/c1-4-10-29-36-30-22(2)19-27(32(39)43-3)35-31(30)38(29)21-23-15-17-26(18-16-23)34(20-25-13-8-9-14-28(25)44-34)37-45(41,42)33(40)24-11-6-5-7-12-24/h5-9,11-19,37H,4,10,20-21H2,1-3H3. The van der Waals surface area contributed by atoms with Gasteiger partial charge >= 0.3 is 5.97 Å². The lowest BCUT2D eigenvalue weighted by Gasteiger charge is -2.29. The summed E-state index contributed by atoms with van der Waals surface area (Å²) in [5, 5.41) is -0.972. The molecular formula is C34H32N4O5S2. The minimum absolute atomic E-state index is 0.102. The van der Waals surface area contributed by atoms with Crippen LogP contribution in [-0.2, 0) is 39.0 Å². The average Bonchev–Trinajstić information content (AvgIpc) is 3.59. The van der Waals surface area contributed by atoms with Gasteiger partial charge in [-0.05, 0) is 47.7 Å². The molecule has 11 heteroatoms. The molecule has 0 bridgehead atoms. The number of thioether (sulfide) groups is 1. The van der Waals surface area contributed by atoms with E-state index in [9.17, 15) is 18.0 Å². The normalized spacial score (nSPS) is 16.1. The van der Waals surface area contributed by atoms with Gasteiger partial charge in [0.05, 0.1) is 13.7 Å². The number of methoxy groups -OCH3 is 1. The smallest absolute Gasteiger partial charge is 0.356 e. The van der Waals surface area contributed by atoms with Gasteiger partial charge in [-0.3, -0.25) is 4.79 Å². The van der Waals surface area contributed by atoms with Gasteiger partial charge in [0.2, 0.25) is 0 Å². The van der Waals surface area contributed by atoms with Crippen molar-refractivity contribution in [1.82, 2.24) is 19.3 Å². The Bertz CT molecular complexity index is 2000. The van der Waals surface area contributed by atoms with E-state index in [1.54, 1.807) is 24.3 Å². The lowest BCUT2D eigenvalue weighted by molar-refractivity contribution is 0.0594. The SMILES string of the molecule is CCCc1nc2c(C)cc(C(=O)OC)nc2n1Cc1ccc(C2(NS(=O)(=O)C(=O)c3ccccc3)Cc3ccccc3S2)cc1. The Morgan fingerprint density at radius 1 is 1.00 bits per heavy atom. The summed E-state index contributed by atoms with van der Waals surface area (Å²) in [6.07, 6.45) is 1.99. The number of rotatable bonds is 9. The fourth-order valence-corrected chi connectivity index (χ4v) is 8.58. The number of carbonyl (C=O) groups is 2. The van der Waals surface area contributed by atoms with Crippen LogP contribution in [0.4, 0.5) is 0 Å². The van der Waals surface area contributed by atoms with E-state index in [0.29, 0.717) is 18.6 Å². The van der Waals surface area contributed by atoms with Gasteiger partial charge < -0.3 is 9.30 Å². The second-order valence-corrected chi connectivity index (χ2v) is 13.9. The number of nitrogens with one attached hydrogen (secondary N) is 1. The fraction of sp³-hybridized carbons (Fsp3) is 0.235. The maximum atomic E-state index is 13.5. The molecule has 1 aliphatic rings. The fourth-order valence-electron chi connectivity index (χ4n) is 5.65. The zero-order chi connectivity index (χ0) is 31.8. The molecule has 0 saturated heterocycles. The summed E-state index contributed by atoms with van der Waals surface area (Å²) in [4.78, 5) is 34.8. The van der Waals surface area contributed by atoms with Crippen molar-refractivity contribution in [3.8, 4) is 0 Å². The van der Waals surface area contributed by atoms with Crippen LogP contribution in [0.1, 0.15) is 62.3 Å². The van der Waals surface area contributed by atoms with E-state index in [4.69, 9.17) is 9.72 Å². The lowest BCUT2D eigenvalue weighted by atomic mass is 9.98. The van der Waals surface area contributed by atoms with E-state index in [-0.39, 0.29) is 11.3 Å². The van der Waals surface area contributed by atoms with E-state index in [0.717, 1.165) is 51.3 Å². The zero-order valence-corrected chi connectivity index (χ0v) is 26.7.